The number of alkyl halides is 3. The number of aromatic nitrogens is 1. The molecule has 0 aliphatic carbocycles. The summed E-state index contributed by atoms with van der Waals surface area (Å²) in [7, 11) is 1.09. The average molecular weight is 282 g/mol. The van der Waals surface area contributed by atoms with Gasteiger partial charge in [-0.25, -0.2) is 9.37 Å². The second-order valence-electron chi connectivity index (χ2n) is 3.37. The number of carbonyl (C=O) groups excluding carboxylic acids is 1. The molecule has 9 heteroatoms. The van der Waals surface area contributed by atoms with E-state index < -0.39 is 30.4 Å². The molecule has 1 heterocycles. The minimum atomic E-state index is -4.99. The Hall–Kier alpha value is -1.90. The van der Waals surface area contributed by atoms with Crippen LogP contribution >= 0.6 is 0 Å². The first kappa shape index (κ1) is 15.2. The highest BCUT2D eigenvalue weighted by atomic mass is 19.4. The Morgan fingerprint density at radius 1 is 1.47 bits per heavy atom. The first-order chi connectivity index (χ1) is 8.76. The summed E-state index contributed by atoms with van der Waals surface area (Å²) in [6, 6.07) is 0.435. The smallest absolute Gasteiger partial charge is 0.469 e. The number of hydrogen-bond donors (Lipinski definition) is 1. The zero-order valence-corrected chi connectivity index (χ0v) is 9.75. The summed E-state index contributed by atoms with van der Waals surface area (Å²) in [5.41, 5.74) is 4.83. The van der Waals surface area contributed by atoms with Gasteiger partial charge in [-0.1, -0.05) is 0 Å². The predicted octanol–water partition coefficient (Wildman–Crippen LogP) is 1.29. The molecule has 0 radical (unpaired) electrons. The van der Waals surface area contributed by atoms with Crippen LogP contribution in [0.4, 0.5) is 17.6 Å². The molecule has 1 aromatic heterocycles. The second-order valence-corrected chi connectivity index (χ2v) is 3.37. The fourth-order valence-corrected chi connectivity index (χ4v) is 1.31. The molecule has 0 aliphatic heterocycles. The van der Waals surface area contributed by atoms with Gasteiger partial charge in [0.1, 0.15) is 5.82 Å². The van der Waals surface area contributed by atoms with Gasteiger partial charge in [0.05, 0.1) is 19.2 Å². The highest BCUT2D eigenvalue weighted by Gasteiger charge is 2.32. The van der Waals surface area contributed by atoms with Crippen molar-refractivity contribution >= 4 is 5.97 Å². The molecule has 0 bridgehead atoms. The SMILES string of the molecule is COC(=O)Cc1c(F)cc(OC(F)(F)F)nc1CN. The van der Waals surface area contributed by atoms with Gasteiger partial charge in [-0.3, -0.25) is 4.79 Å². The van der Waals surface area contributed by atoms with Crippen LogP contribution in [0.3, 0.4) is 0 Å². The number of esters is 1. The molecule has 2 N–H and O–H groups in total. The Labute approximate surface area is 105 Å². The van der Waals surface area contributed by atoms with Crippen molar-refractivity contribution < 1.29 is 31.8 Å². The Bertz CT molecular complexity index is 477. The summed E-state index contributed by atoms with van der Waals surface area (Å²) in [5, 5.41) is 0. The van der Waals surface area contributed by atoms with E-state index in [1.807, 2.05) is 0 Å². The molecule has 0 spiro atoms. The summed E-state index contributed by atoms with van der Waals surface area (Å²) in [6.07, 6.45) is -5.47. The van der Waals surface area contributed by atoms with Crippen molar-refractivity contribution in [2.75, 3.05) is 7.11 Å². The summed E-state index contributed by atoms with van der Waals surface area (Å²) in [4.78, 5) is 14.5. The van der Waals surface area contributed by atoms with Gasteiger partial charge in [0, 0.05) is 18.2 Å². The number of pyridine rings is 1. The Morgan fingerprint density at radius 2 is 2.11 bits per heavy atom. The van der Waals surface area contributed by atoms with E-state index >= 15 is 0 Å². The molecule has 5 nitrogen and oxygen atoms in total. The van der Waals surface area contributed by atoms with E-state index in [0.29, 0.717) is 6.07 Å². The van der Waals surface area contributed by atoms with Gasteiger partial charge in [0.25, 0.3) is 0 Å². The van der Waals surface area contributed by atoms with Gasteiger partial charge in [0.2, 0.25) is 5.88 Å². The van der Waals surface area contributed by atoms with Crippen LogP contribution in [0.1, 0.15) is 11.3 Å². The maximum absolute atomic E-state index is 13.6. The van der Waals surface area contributed by atoms with E-state index in [1.165, 1.54) is 0 Å². The van der Waals surface area contributed by atoms with Gasteiger partial charge in [-0.15, -0.1) is 13.2 Å². The number of hydrogen-bond acceptors (Lipinski definition) is 5. The maximum Gasteiger partial charge on any atom is 0.574 e. The van der Waals surface area contributed by atoms with E-state index in [0.717, 1.165) is 7.11 Å². The lowest BCUT2D eigenvalue weighted by Crippen LogP contribution is -2.20. The zero-order valence-electron chi connectivity index (χ0n) is 9.75. The molecule has 0 unspecified atom stereocenters. The molecule has 0 aromatic carbocycles. The van der Waals surface area contributed by atoms with Crippen LogP contribution in [0.25, 0.3) is 0 Å². The molecule has 0 aliphatic rings. The summed E-state index contributed by atoms with van der Waals surface area (Å²) < 4.78 is 57.4. The van der Waals surface area contributed by atoms with Gasteiger partial charge < -0.3 is 15.2 Å². The molecular weight excluding hydrogens is 272 g/mol. The number of methoxy groups -OCH3 is 1. The normalized spacial score (nSPS) is 11.3. The van der Waals surface area contributed by atoms with Crippen LogP contribution in [-0.4, -0.2) is 24.4 Å². The van der Waals surface area contributed by atoms with E-state index in [9.17, 15) is 22.4 Å². The van der Waals surface area contributed by atoms with Gasteiger partial charge in [0.15, 0.2) is 0 Å². The number of rotatable bonds is 4. The van der Waals surface area contributed by atoms with Crippen LogP contribution in [0, 0.1) is 5.82 Å². The second kappa shape index (κ2) is 5.83. The minimum absolute atomic E-state index is 0.204. The third kappa shape index (κ3) is 4.36. The van der Waals surface area contributed by atoms with Crippen molar-refractivity contribution in [1.29, 1.82) is 0 Å². The van der Waals surface area contributed by atoms with Gasteiger partial charge >= 0.3 is 12.3 Å². The van der Waals surface area contributed by atoms with Gasteiger partial charge in [-0.2, -0.15) is 0 Å². The quantitative estimate of drug-likeness (QED) is 0.665. The minimum Gasteiger partial charge on any atom is -0.469 e. The summed E-state index contributed by atoms with van der Waals surface area (Å²) in [6.45, 7) is -0.349. The molecule has 0 saturated carbocycles. The number of nitrogens with zero attached hydrogens (tertiary/aromatic N) is 1. The van der Waals surface area contributed by atoms with Crippen molar-refractivity contribution in [2.24, 2.45) is 5.73 Å². The largest absolute Gasteiger partial charge is 0.574 e. The summed E-state index contributed by atoms with van der Waals surface area (Å²) in [5.74, 6) is -2.81. The first-order valence-electron chi connectivity index (χ1n) is 4.97. The molecule has 0 fully saturated rings. The van der Waals surface area contributed by atoms with E-state index in [2.05, 4.69) is 14.5 Å². The molecule has 0 saturated heterocycles. The van der Waals surface area contributed by atoms with E-state index in [-0.39, 0.29) is 17.8 Å². The highest BCUT2D eigenvalue weighted by molar-refractivity contribution is 5.72. The number of nitrogens with two attached hydrogens (primary N) is 1. The lowest BCUT2D eigenvalue weighted by molar-refractivity contribution is -0.276. The lowest BCUT2D eigenvalue weighted by Gasteiger charge is -2.12. The molecule has 0 atom stereocenters. The van der Waals surface area contributed by atoms with Gasteiger partial charge in [-0.05, 0) is 0 Å². The fourth-order valence-electron chi connectivity index (χ4n) is 1.31. The lowest BCUT2D eigenvalue weighted by atomic mass is 10.1. The van der Waals surface area contributed by atoms with Crippen LogP contribution < -0.4 is 10.5 Å². The Kier molecular flexibility index (Phi) is 4.65. The monoisotopic (exact) mass is 282 g/mol. The fraction of sp³-hybridized carbons (Fsp3) is 0.400. The number of carbonyl (C=O) groups is 1. The van der Waals surface area contributed by atoms with E-state index in [4.69, 9.17) is 5.73 Å². The predicted molar refractivity (Wildman–Crippen MR) is 54.5 cm³/mol. The Balaban J connectivity index is 3.11. The van der Waals surface area contributed by atoms with E-state index in [1.54, 1.807) is 0 Å². The molecule has 106 valence electrons. The molecule has 1 aromatic rings. The topological polar surface area (TPSA) is 74.4 Å². The van der Waals surface area contributed by atoms with Crippen LogP contribution in [0.15, 0.2) is 6.07 Å². The van der Waals surface area contributed by atoms with Crippen molar-refractivity contribution in [1.82, 2.24) is 4.98 Å². The summed E-state index contributed by atoms with van der Waals surface area (Å²) >= 11 is 0. The molecule has 0 amide bonds. The van der Waals surface area contributed by atoms with Crippen molar-refractivity contribution in [2.45, 2.75) is 19.3 Å². The van der Waals surface area contributed by atoms with Crippen molar-refractivity contribution in [3.05, 3.63) is 23.1 Å². The number of ether oxygens (including phenoxy) is 2. The zero-order chi connectivity index (χ0) is 14.6. The maximum atomic E-state index is 13.6. The number of halogens is 4. The van der Waals surface area contributed by atoms with Crippen LogP contribution in [-0.2, 0) is 22.5 Å². The molecular formula is C10H10F4N2O3. The standard InChI is InChI=1S/C10H10F4N2O3/c1-18-9(17)2-5-6(11)3-8(16-7(5)4-15)19-10(12,13)14/h3H,2,4,15H2,1H3. The highest BCUT2D eigenvalue weighted by Crippen LogP contribution is 2.24. The van der Waals surface area contributed by atoms with Crippen molar-refractivity contribution in [3.8, 4) is 5.88 Å². The molecule has 19 heavy (non-hydrogen) atoms. The third-order valence-electron chi connectivity index (χ3n) is 2.09. The Morgan fingerprint density at radius 3 is 2.58 bits per heavy atom. The first-order valence-corrected chi connectivity index (χ1v) is 4.97. The average Bonchev–Trinajstić information content (AvgIpc) is 2.29. The van der Waals surface area contributed by atoms with Crippen molar-refractivity contribution in [3.63, 3.8) is 0 Å². The third-order valence-corrected chi connectivity index (χ3v) is 2.09. The van der Waals surface area contributed by atoms with Crippen LogP contribution in [0.2, 0.25) is 0 Å². The molecule has 1 rings (SSSR count). The van der Waals surface area contributed by atoms with Crippen LogP contribution in [0.5, 0.6) is 5.88 Å².